The number of para-hydroxylation sites is 1. The summed E-state index contributed by atoms with van der Waals surface area (Å²) in [5.41, 5.74) is 7.48. The lowest BCUT2D eigenvalue weighted by atomic mass is 9.82. The summed E-state index contributed by atoms with van der Waals surface area (Å²) in [5, 5.41) is 5.09. The number of nitrogens with zero attached hydrogens (tertiary/aromatic N) is 2. The van der Waals surface area contributed by atoms with Crippen molar-refractivity contribution in [1.29, 1.82) is 0 Å². The van der Waals surface area contributed by atoms with Crippen LogP contribution in [0.3, 0.4) is 0 Å². The lowest BCUT2D eigenvalue weighted by molar-refractivity contribution is 0.444. The van der Waals surface area contributed by atoms with Gasteiger partial charge in [0.1, 0.15) is 0 Å². The topological polar surface area (TPSA) is 16.1 Å². The van der Waals surface area contributed by atoms with Crippen LogP contribution in [0.1, 0.15) is 43.6 Å². The zero-order valence-electron chi connectivity index (χ0n) is 18.7. The Balaban J connectivity index is 1.57. The number of rotatable bonds is 2. The van der Waals surface area contributed by atoms with Crippen molar-refractivity contribution in [2.24, 2.45) is 0 Å². The van der Waals surface area contributed by atoms with E-state index in [1.165, 1.54) is 81.8 Å². The molecule has 2 heteroatoms. The van der Waals surface area contributed by atoms with Gasteiger partial charge in [-0.05, 0) is 76.9 Å². The molecule has 160 valence electrons. The zero-order valence-corrected chi connectivity index (χ0v) is 18.7. The van der Waals surface area contributed by atoms with Crippen molar-refractivity contribution >= 4 is 38.6 Å². The average molecular weight is 427 g/mol. The molecule has 5 aromatic rings. The molecule has 1 saturated carbocycles. The van der Waals surface area contributed by atoms with Crippen LogP contribution in [0.4, 0.5) is 17.1 Å². The van der Waals surface area contributed by atoms with Crippen LogP contribution in [-0.2, 0) is 0 Å². The van der Waals surface area contributed by atoms with Gasteiger partial charge in [0.15, 0.2) is 0 Å². The molecular weight excluding hydrogens is 400 g/mol. The van der Waals surface area contributed by atoms with Crippen LogP contribution < -0.4 is 4.90 Å². The lowest BCUT2D eigenvalue weighted by Crippen LogP contribution is -2.16. The minimum atomic E-state index is 0.659. The molecule has 1 aromatic heterocycles. The molecule has 2 nitrogen and oxygen atoms in total. The molecule has 0 atom stereocenters. The molecule has 2 heterocycles. The quantitative estimate of drug-likeness (QED) is 0.275. The minimum Gasteiger partial charge on any atom is -0.309 e. The smallest absolute Gasteiger partial charge is 0.0822 e. The normalized spacial score (nSPS) is 15.7. The molecule has 0 saturated heterocycles. The molecule has 1 fully saturated rings. The van der Waals surface area contributed by atoms with E-state index in [2.05, 4.69) is 89.8 Å². The van der Waals surface area contributed by atoms with Crippen LogP contribution in [0.5, 0.6) is 0 Å². The fourth-order valence-corrected chi connectivity index (χ4v) is 5.96. The first-order valence-electron chi connectivity index (χ1n) is 12.2. The Hall–Kier alpha value is -3.65. The van der Waals surface area contributed by atoms with E-state index in [4.69, 9.17) is 4.98 Å². The van der Waals surface area contributed by atoms with Gasteiger partial charge in [-0.15, -0.1) is 0 Å². The predicted octanol–water partition coefficient (Wildman–Crippen LogP) is 8.89. The molecule has 0 radical (unpaired) electrons. The predicted molar refractivity (Wildman–Crippen MR) is 139 cm³/mol. The van der Waals surface area contributed by atoms with Crippen LogP contribution in [0, 0.1) is 0 Å². The van der Waals surface area contributed by atoms with Crippen LogP contribution in [-0.4, -0.2) is 4.98 Å². The van der Waals surface area contributed by atoms with Crippen LogP contribution >= 0.6 is 0 Å². The number of pyridine rings is 1. The van der Waals surface area contributed by atoms with Gasteiger partial charge in [-0.25, -0.2) is 0 Å². The Labute approximate surface area is 194 Å². The molecule has 1 aliphatic carbocycles. The number of anilines is 3. The molecular formula is C31H26N2. The highest BCUT2D eigenvalue weighted by Gasteiger charge is 2.29. The van der Waals surface area contributed by atoms with Gasteiger partial charge in [0.25, 0.3) is 0 Å². The van der Waals surface area contributed by atoms with Gasteiger partial charge in [0.2, 0.25) is 0 Å². The summed E-state index contributed by atoms with van der Waals surface area (Å²) in [6, 6.07) is 31.2. The highest BCUT2D eigenvalue weighted by molar-refractivity contribution is 6.14. The molecule has 33 heavy (non-hydrogen) atoms. The van der Waals surface area contributed by atoms with E-state index in [-0.39, 0.29) is 0 Å². The first-order valence-corrected chi connectivity index (χ1v) is 12.2. The van der Waals surface area contributed by atoms with Gasteiger partial charge in [0, 0.05) is 22.8 Å². The second-order valence-corrected chi connectivity index (χ2v) is 9.52. The highest BCUT2D eigenvalue weighted by atomic mass is 15.2. The van der Waals surface area contributed by atoms with E-state index < -0.39 is 0 Å². The van der Waals surface area contributed by atoms with Crippen molar-refractivity contribution in [2.45, 2.75) is 38.0 Å². The first kappa shape index (κ1) is 18.9. The Bertz CT molecular complexity index is 1500. The van der Waals surface area contributed by atoms with Gasteiger partial charge in [-0.3, -0.25) is 4.98 Å². The molecule has 0 bridgehead atoms. The second-order valence-electron chi connectivity index (χ2n) is 9.52. The van der Waals surface area contributed by atoms with E-state index in [1.807, 2.05) is 6.20 Å². The third kappa shape index (κ3) is 2.97. The van der Waals surface area contributed by atoms with Crippen molar-refractivity contribution in [3.8, 4) is 11.3 Å². The molecule has 2 aliphatic rings. The molecule has 1 aliphatic heterocycles. The molecule has 0 spiro atoms. The maximum atomic E-state index is 4.93. The maximum Gasteiger partial charge on any atom is 0.0822 e. The van der Waals surface area contributed by atoms with Crippen molar-refractivity contribution < 1.29 is 0 Å². The summed E-state index contributed by atoms with van der Waals surface area (Å²) in [7, 11) is 0. The fourth-order valence-electron chi connectivity index (χ4n) is 5.96. The van der Waals surface area contributed by atoms with E-state index in [0.717, 1.165) is 5.69 Å². The van der Waals surface area contributed by atoms with E-state index >= 15 is 0 Å². The van der Waals surface area contributed by atoms with Crippen molar-refractivity contribution in [1.82, 2.24) is 4.98 Å². The number of hydrogen-bond donors (Lipinski definition) is 0. The summed E-state index contributed by atoms with van der Waals surface area (Å²) < 4.78 is 0. The Morgan fingerprint density at radius 3 is 2.24 bits per heavy atom. The highest BCUT2D eigenvalue weighted by Crippen LogP contribution is 2.52. The lowest BCUT2D eigenvalue weighted by Gasteiger charge is -2.34. The second kappa shape index (κ2) is 7.45. The van der Waals surface area contributed by atoms with Crippen molar-refractivity contribution in [3.63, 3.8) is 0 Å². The summed E-state index contributed by atoms with van der Waals surface area (Å²) in [5.74, 6) is 0.659. The fraction of sp³-hybridized carbons (Fsp3) is 0.194. The van der Waals surface area contributed by atoms with Crippen LogP contribution in [0.25, 0.3) is 32.8 Å². The largest absolute Gasteiger partial charge is 0.309 e. The monoisotopic (exact) mass is 426 g/mol. The van der Waals surface area contributed by atoms with E-state index in [0.29, 0.717) is 5.92 Å². The Kier molecular flexibility index (Phi) is 4.26. The Morgan fingerprint density at radius 1 is 0.667 bits per heavy atom. The molecule has 0 unspecified atom stereocenters. The zero-order chi connectivity index (χ0) is 21.8. The SMILES string of the molecule is c1ccc(N2c3cc4ccccc4cc3-c3nccc4cc(C5CCCCC5)cc2c34)cc1. The Morgan fingerprint density at radius 2 is 1.42 bits per heavy atom. The molecule has 7 rings (SSSR count). The molecule has 4 aromatic carbocycles. The van der Waals surface area contributed by atoms with Gasteiger partial charge in [-0.1, -0.05) is 67.8 Å². The molecule has 0 N–H and O–H groups in total. The van der Waals surface area contributed by atoms with Crippen LogP contribution in [0.15, 0.2) is 91.1 Å². The van der Waals surface area contributed by atoms with Crippen molar-refractivity contribution in [3.05, 3.63) is 96.7 Å². The molecule has 0 amide bonds. The minimum absolute atomic E-state index is 0.659. The van der Waals surface area contributed by atoms with Gasteiger partial charge in [0.05, 0.1) is 17.1 Å². The van der Waals surface area contributed by atoms with Gasteiger partial charge in [-0.2, -0.15) is 0 Å². The van der Waals surface area contributed by atoms with Crippen molar-refractivity contribution in [2.75, 3.05) is 4.90 Å². The van der Waals surface area contributed by atoms with E-state index in [9.17, 15) is 0 Å². The summed E-state index contributed by atoms with van der Waals surface area (Å²) in [6.45, 7) is 0. The van der Waals surface area contributed by atoms with Gasteiger partial charge >= 0.3 is 0 Å². The maximum absolute atomic E-state index is 4.93. The number of fused-ring (bicyclic) bond motifs is 3. The van der Waals surface area contributed by atoms with Gasteiger partial charge < -0.3 is 4.90 Å². The summed E-state index contributed by atoms with van der Waals surface area (Å²) in [6.07, 6.45) is 8.66. The van der Waals surface area contributed by atoms with Crippen LogP contribution in [0.2, 0.25) is 0 Å². The summed E-state index contributed by atoms with van der Waals surface area (Å²) in [4.78, 5) is 7.39. The third-order valence-electron chi connectivity index (χ3n) is 7.56. The summed E-state index contributed by atoms with van der Waals surface area (Å²) >= 11 is 0. The third-order valence-corrected chi connectivity index (χ3v) is 7.56. The number of benzene rings is 4. The van der Waals surface area contributed by atoms with E-state index in [1.54, 1.807) is 0 Å². The standard InChI is InChI=1S/C31H26N2/c1-3-9-21(10-4-1)25-17-24-15-16-32-31-27-18-22-11-7-8-12-23(22)19-28(27)33(29(20-25)30(24)31)26-13-5-2-6-14-26/h2,5-8,11-21H,1,3-4,9-10H2. The first-order chi connectivity index (χ1) is 16.4. The average Bonchev–Trinajstić information content (AvgIpc) is 2.89. The number of aromatic nitrogens is 1. The number of hydrogen-bond acceptors (Lipinski definition) is 2.